The molecule has 96 valence electrons. The van der Waals surface area contributed by atoms with E-state index in [-0.39, 0.29) is 0 Å². The maximum Gasteiger partial charge on any atom is 0.169 e. The van der Waals surface area contributed by atoms with E-state index in [1.807, 2.05) is 28.9 Å². The number of hydrogen-bond acceptors (Lipinski definition) is 4. The van der Waals surface area contributed by atoms with E-state index >= 15 is 0 Å². The lowest BCUT2D eigenvalue weighted by molar-refractivity contribution is 0.416. The number of hydrogen-bond donors (Lipinski definition) is 2. The third-order valence-corrected chi connectivity index (χ3v) is 2.82. The molecule has 4 N–H and O–H groups in total. The van der Waals surface area contributed by atoms with Crippen LogP contribution in [0.15, 0.2) is 24.3 Å². The molecular formula is C13H18N4O. The van der Waals surface area contributed by atoms with Crippen LogP contribution in [0.1, 0.15) is 13.3 Å². The molecular weight excluding hydrogens is 228 g/mol. The van der Waals surface area contributed by atoms with Gasteiger partial charge in [-0.2, -0.15) is 5.10 Å². The number of para-hydroxylation sites is 1. The molecule has 1 aromatic heterocycles. The van der Waals surface area contributed by atoms with Crippen molar-refractivity contribution in [2.75, 3.05) is 18.6 Å². The summed E-state index contributed by atoms with van der Waals surface area (Å²) < 4.78 is 7.20. The molecule has 5 nitrogen and oxygen atoms in total. The van der Waals surface area contributed by atoms with Crippen molar-refractivity contribution in [3.8, 4) is 17.0 Å². The van der Waals surface area contributed by atoms with Crippen LogP contribution in [-0.2, 0) is 6.54 Å². The molecule has 0 spiro atoms. The largest absolute Gasteiger partial charge is 0.496 e. The van der Waals surface area contributed by atoms with E-state index in [1.54, 1.807) is 7.11 Å². The SMILES string of the molecule is CCCn1nc(N)c(N)c1-c1ccccc1OC. The van der Waals surface area contributed by atoms with Gasteiger partial charge in [-0.25, -0.2) is 0 Å². The van der Waals surface area contributed by atoms with Gasteiger partial charge in [-0.1, -0.05) is 19.1 Å². The molecule has 0 bridgehead atoms. The molecule has 0 atom stereocenters. The summed E-state index contributed by atoms with van der Waals surface area (Å²) in [5.41, 5.74) is 14.1. The molecule has 0 aliphatic rings. The second kappa shape index (κ2) is 5.00. The first-order valence-corrected chi connectivity index (χ1v) is 5.94. The van der Waals surface area contributed by atoms with E-state index in [0.29, 0.717) is 11.5 Å². The molecule has 0 aliphatic heterocycles. The molecule has 0 fully saturated rings. The maximum atomic E-state index is 6.03. The Labute approximate surface area is 106 Å². The molecule has 0 radical (unpaired) electrons. The maximum absolute atomic E-state index is 6.03. The summed E-state index contributed by atoms with van der Waals surface area (Å²) in [6.45, 7) is 2.86. The third kappa shape index (κ3) is 1.99. The highest BCUT2D eigenvalue weighted by atomic mass is 16.5. The Morgan fingerprint density at radius 3 is 2.67 bits per heavy atom. The molecule has 1 aromatic carbocycles. The Bertz CT molecular complexity index is 548. The van der Waals surface area contributed by atoms with E-state index in [0.717, 1.165) is 30.0 Å². The highest BCUT2D eigenvalue weighted by Gasteiger charge is 2.17. The normalized spacial score (nSPS) is 10.6. The van der Waals surface area contributed by atoms with Crippen molar-refractivity contribution in [1.29, 1.82) is 0 Å². The minimum atomic E-state index is 0.365. The average molecular weight is 246 g/mol. The van der Waals surface area contributed by atoms with Gasteiger partial charge in [-0.15, -0.1) is 0 Å². The van der Waals surface area contributed by atoms with Gasteiger partial charge in [0.05, 0.1) is 12.8 Å². The van der Waals surface area contributed by atoms with E-state index in [4.69, 9.17) is 16.2 Å². The van der Waals surface area contributed by atoms with Gasteiger partial charge in [-0.3, -0.25) is 4.68 Å². The molecule has 0 amide bonds. The van der Waals surface area contributed by atoms with Crippen molar-refractivity contribution in [1.82, 2.24) is 9.78 Å². The topological polar surface area (TPSA) is 79.1 Å². The summed E-state index contributed by atoms with van der Waals surface area (Å²) in [6, 6.07) is 7.71. The summed E-state index contributed by atoms with van der Waals surface area (Å²) in [7, 11) is 1.64. The first kappa shape index (κ1) is 12.3. The lowest BCUT2D eigenvalue weighted by atomic mass is 10.1. The van der Waals surface area contributed by atoms with Crippen molar-refractivity contribution in [2.45, 2.75) is 19.9 Å². The van der Waals surface area contributed by atoms with Gasteiger partial charge in [0.25, 0.3) is 0 Å². The zero-order chi connectivity index (χ0) is 13.1. The van der Waals surface area contributed by atoms with Crippen LogP contribution in [0.2, 0.25) is 0 Å². The zero-order valence-electron chi connectivity index (χ0n) is 10.7. The van der Waals surface area contributed by atoms with Gasteiger partial charge in [0.2, 0.25) is 0 Å². The Hall–Kier alpha value is -2.17. The molecule has 1 heterocycles. The number of nitrogens with two attached hydrogens (primary N) is 2. The zero-order valence-corrected chi connectivity index (χ0v) is 10.7. The minimum absolute atomic E-state index is 0.365. The van der Waals surface area contributed by atoms with E-state index in [9.17, 15) is 0 Å². The van der Waals surface area contributed by atoms with Crippen molar-refractivity contribution in [3.63, 3.8) is 0 Å². The lowest BCUT2D eigenvalue weighted by Crippen LogP contribution is -2.03. The first-order chi connectivity index (χ1) is 8.69. The monoisotopic (exact) mass is 246 g/mol. The fourth-order valence-electron chi connectivity index (χ4n) is 1.99. The number of aromatic nitrogens is 2. The highest BCUT2D eigenvalue weighted by Crippen LogP contribution is 2.36. The lowest BCUT2D eigenvalue weighted by Gasteiger charge is -2.11. The number of ether oxygens (including phenoxy) is 1. The predicted molar refractivity (Wildman–Crippen MR) is 73.3 cm³/mol. The number of anilines is 2. The van der Waals surface area contributed by atoms with Crippen LogP contribution in [0, 0.1) is 0 Å². The van der Waals surface area contributed by atoms with Crippen LogP contribution < -0.4 is 16.2 Å². The number of nitrogen functional groups attached to an aromatic ring is 2. The summed E-state index contributed by atoms with van der Waals surface area (Å²) in [5.74, 6) is 1.13. The quantitative estimate of drug-likeness (QED) is 0.866. The summed E-state index contributed by atoms with van der Waals surface area (Å²) >= 11 is 0. The summed E-state index contributed by atoms with van der Waals surface area (Å²) in [4.78, 5) is 0. The number of benzene rings is 1. The molecule has 0 saturated carbocycles. The van der Waals surface area contributed by atoms with E-state index in [2.05, 4.69) is 12.0 Å². The summed E-state index contributed by atoms with van der Waals surface area (Å²) in [5, 5.41) is 4.27. The van der Waals surface area contributed by atoms with Crippen molar-refractivity contribution >= 4 is 11.5 Å². The van der Waals surface area contributed by atoms with E-state index in [1.165, 1.54) is 0 Å². The average Bonchev–Trinajstić information content (AvgIpc) is 2.65. The molecule has 5 heteroatoms. The van der Waals surface area contributed by atoms with Crippen LogP contribution in [-0.4, -0.2) is 16.9 Å². The molecule has 2 aromatic rings. The second-order valence-corrected chi connectivity index (χ2v) is 4.07. The Morgan fingerprint density at radius 2 is 2.00 bits per heavy atom. The molecule has 0 aliphatic carbocycles. The van der Waals surface area contributed by atoms with Crippen LogP contribution in [0.5, 0.6) is 5.75 Å². The van der Waals surface area contributed by atoms with Gasteiger partial charge in [-0.05, 0) is 18.6 Å². The van der Waals surface area contributed by atoms with Crippen LogP contribution >= 0.6 is 0 Å². The Balaban J connectivity index is 2.62. The van der Waals surface area contributed by atoms with Gasteiger partial charge >= 0.3 is 0 Å². The van der Waals surface area contributed by atoms with Crippen LogP contribution in [0.25, 0.3) is 11.3 Å². The standard InChI is InChI=1S/C13H18N4O/c1-3-8-17-12(11(14)13(15)16-17)9-6-4-5-7-10(9)18-2/h4-7H,3,8,14H2,1-2H3,(H2,15,16). The van der Waals surface area contributed by atoms with Gasteiger partial charge in [0.1, 0.15) is 11.4 Å². The minimum Gasteiger partial charge on any atom is -0.496 e. The van der Waals surface area contributed by atoms with Gasteiger partial charge < -0.3 is 16.2 Å². The third-order valence-electron chi connectivity index (χ3n) is 2.82. The van der Waals surface area contributed by atoms with Crippen molar-refractivity contribution < 1.29 is 4.74 Å². The first-order valence-electron chi connectivity index (χ1n) is 5.94. The van der Waals surface area contributed by atoms with E-state index < -0.39 is 0 Å². The fourth-order valence-corrected chi connectivity index (χ4v) is 1.99. The second-order valence-electron chi connectivity index (χ2n) is 4.07. The molecule has 0 unspecified atom stereocenters. The van der Waals surface area contributed by atoms with Crippen molar-refractivity contribution in [2.24, 2.45) is 0 Å². The Kier molecular flexibility index (Phi) is 3.41. The van der Waals surface area contributed by atoms with Crippen LogP contribution in [0.4, 0.5) is 11.5 Å². The number of nitrogens with zero attached hydrogens (tertiary/aromatic N) is 2. The Morgan fingerprint density at radius 1 is 1.28 bits per heavy atom. The van der Waals surface area contributed by atoms with Gasteiger partial charge in [0, 0.05) is 12.1 Å². The highest BCUT2D eigenvalue weighted by molar-refractivity contribution is 5.83. The number of methoxy groups -OCH3 is 1. The number of rotatable bonds is 4. The smallest absolute Gasteiger partial charge is 0.169 e. The molecule has 2 rings (SSSR count). The molecule has 0 saturated heterocycles. The van der Waals surface area contributed by atoms with Gasteiger partial charge in [0.15, 0.2) is 5.82 Å². The molecule has 18 heavy (non-hydrogen) atoms. The number of aryl methyl sites for hydroxylation is 1. The summed E-state index contributed by atoms with van der Waals surface area (Å²) in [6.07, 6.45) is 0.961. The van der Waals surface area contributed by atoms with Crippen LogP contribution in [0.3, 0.4) is 0 Å². The fraction of sp³-hybridized carbons (Fsp3) is 0.308. The van der Waals surface area contributed by atoms with Crippen molar-refractivity contribution in [3.05, 3.63) is 24.3 Å². The predicted octanol–water partition coefficient (Wildman–Crippen LogP) is 2.13.